The molecule has 3 heterocycles. The van der Waals surface area contributed by atoms with Crippen molar-refractivity contribution in [3.8, 4) is 0 Å². The largest absolute Gasteiger partial charge is 0.337 e. The third-order valence-electron chi connectivity index (χ3n) is 3.39. The highest BCUT2D eigenvalue weighted by Crippen LogP contribution is 2.33. The van der Waals surface area contributed by atoms with Gasteiger partial charge in [-0.05, 0) is 12.5 Å². The fraction of sp³-hybridized carbons (Fsp3) is 0.267. The van der Waals surface area contributed by atoms with Crippen LogP contribution in [-0.4, -0.2) is 19.7 Å². The van der Waals surface area contributed by atoms with Crippen molar-refractivity contribution >= 4 is 45.6 Å². The molecule has 0 unspecified atom stereocenters. The molecule has 0 aliphatic carbocycles. The Labute approximate surface area is 138 Å². The number of unbranched alkanes of at least 4 members (excludes halogenated alkanes) is 1. The molecule has 22 heavy (non-hydrogen) atoms. The fourth-order valence-corrected chi connectivity index (χ4v) is 2.70. The van der Waals surface area contributed by atoms with Crippen molar-refractivity contribution in [3.05, 3.63) is 40.9 Å². The zero-order chi connectivity index (χ0) is 15.5. The molecule has 0 amide bonds. The Bertz CT molecular complexity index is 779. The van der Waals surface area contributed by atoms with Crippen LogP contribution < -0.4 is 5.32 Å². The quantitative estimate of drug-likeness (QED) is 0.735. The van der Waals surface area contributed by atoms with Gasteiger partial charge in [0.25, 0.3) is 0 Å². The molecule has 114 valence electrons. The number of halogens is 2. The number of nitrogens with zero attached hydrogens (tertiary/aromatic N) is 4. The third kappa shape index (κ3) is 2.87. The molecular formula is C15H15Cl2N5. The van der Waals surface area contributed by atoms with Crippen molar-refractivity contribution in [2.24, 2.45) is 0 Å². The number of hydrogen-bond acceptors (Lipinski definition) is 4. The lowest BCUT2D eigenvalue weighted by Gasteiger charge is -2.10. The van der Waals surface area contributed by atoms with E-state index >= 15 is 0 Å². The second kappa shape index (κ2) is 6.50. The Morgan fingerprint density at radius 3 is 2.68 bits per heavy atom. The van der Waals surface area contributed by atoms with Gasteiger partial charge in [0.15, 0.2) is 0 Å². The second-order valence-corrected chi connectivity index (χ2v) is 5.73. The minimum atomic E-state index is 0.449. The number of rotatable bonds is 5. The third-order valence-corrected chi connectivity index (χ3v) is 3.96. The standard InChI is InChI=1S/C15H15Cl2N5/c1-2-3-6-22-13-4-5-19-15(10(13)7-20-22)21-14-11(16)8-18-9-12(14)17/h4-5,7-9H,2-3,6H2,1H3,(H,18,19,21). The smallest absolute Gasteiger partial charge is 0.141 e. The van der Waals surface area contributed by atoms with E-state index in [1.165, 1.54) is 0 Å². The summed E-state index contributed by atoms with van der Waals surface area (Å²) in [6.45, 7) is 3.05. The summed E-state index contributed by atoms with van der Waals surface area (Å²) >= 11 is 12.3. The van der Waals surface area contributed by atoms with E-state index in [2.05, 4.69) is 27.3 Å². The van der Waals surface area contributed by atoms with E-state index in [-0.39, 0.29) is 0 Å². The SMILES string of the molecule is CCCCn1ncc2c(Nc3c(Cl)cncc3Cl)nccc21. The lowest BCUT2D eigenvalue weighted by molar-refractivity contribution is 0.588. The van der Waals surface area contributed by atoms with Crippen LogP contribution >= 0.6 is 23.2 Å². The molecule has 5 nitrogen and oxygen atoms in total. The van der Waals surface area contributed by atoms with Gasteiger partial charge in [0.2, 0.25) is 0 Å². The minimum absolute atomic E-state index is 0.449. The van der Waals surface area contributed by atoms with Gasteiger partial charge >= 0.3 is 0 Å². The molecule has 1 N–H and O–H groups in total. The van der Waals surface area contributed by atoms with E-state index in [0.717, 1.165) is 30.3 Å². The molecule has 3 aromatic rings. The van der Waals surface area contributed by atoms with Gasteiger partial charge in [-0.25, -0.2) is 4.98 Å². The van der Waals surface area contributed by atoms with Crippen molar-refractivity contribution < 1.29 is 0 Å². The molecule has 0 aliphatic heterocycles. The van der Waals surface area contributed by atoms with Gasteiger partial charge in [0, 0.05) is 25.1 Å². The first-order valence-electron chi connectivity index (χ1n) is 7.07. The maximum atomic E-state index is 6.15. The van der Waals surface area contributed by atoms with Gasteiger partial charge < -0.3 is 5.32 Å². The number of pyridine rings is 2. The van der Waals surface area contributed by atoms with Crippen molar-refractivity contribution in [1.29, 1.82) is 0 Å². The van der Waals surface area contributed by atoms with Crippen LogP contribution in [0.4, 0.5) is 11.5 Å². The monoisotopic (exact) mass is 335 g/mol. The van der Waals surface area contributed by atoms with Crippen LogP contribution in [0.5, 0.6) is 0 Å². The van der Waals surface area contributed by atoms with E-state index in [4.69, 9.17) is 23.2 Å². The van der Waals surface area contributed by atoms with Crippen LogP contribution in [0.3, 0.4) is 0 Å². The molecule has 0 fully saturated rings. The number of anilines is 2. The summed E-state index contributed by atoms with van der Waals surface area (Å²) in [7, 11) is 0. The predicted molar refractivity (Wildman–Crippen MR) is 90.0 cm³/mol. The summed E-state index contributed by atoms with van der Waals surface area (Å²) in [5.41, 5.74) is 1.63. The summed E-state index contributed by atoms with van der Waals surface area (Å²) in [5.74, 6) is 0.676. The number of hydrogen-bond donors (Lipinski definition) is 1. The first kappa shape index (κ1) is 15.1. The maximum Gasteiger partial charge on any atom is 0.141 e. The number of nitrogens with one attached hydrogen (secondary N) is 1. The maximum absolute atomic E-state index is 6.15. The van der Waals surface area contributed by atoms with E-state index in [9.17, 15) is 0 Å². The molecule has 0 spiro atoms. The molecule has 0 aliphatic rings. The molecule has 0 saturated carbocycles. The first-order valence-corrected chi connectivity index (χ1v) is 7.83. The van der Waals surface area contributed by atoms with Gasteiger partial charge in [0.1, 0.15) is 5.82 Å². The predicted octanol–water partition coefficient (Wildman–Crippen LogP) is 4.68. The number of aromatic nitrogens is 4. The zero-order valence-electron chi connectivity index (χ0n) is 12.1. The summed E-state index contributed by atoms with van der Waals surface area (Å²) in [6.07, 6.45) is 8.85. The molecule has 3 rings (SSSR count). The Morgan fingerprint density at radius 2 is 1.95 bits per heavy atom. The Morgan fingerprint density at radius 1 is 1.18 bits per heavy atom. The van der Waals surface area contributed by atoms with E-state index in [1.54, 1.807) is 18.6 Å². The van der Waals surface area contributed by atoms with Gasteiger partial charge in [-0.2, -0.15) is 5.10 Å². The molecular weight excluding hydrogens is 321 g/mol. The van der Waals surface area contributed by atoms with E-state index in [0.29, 0.717) is 21.6 Å². The number of aryl methyl sites for hydroxylation is 1. The number of fused-ring (bicyclic) bond motifs is 1. The highest BCUT2D eigenvalue weighted by Gasteiger charge is 2.12. The van der Waals surface area contributed by atoms with Crippen molar-refractivity contribution in [2.75, 3.05) is 5.32 Å². The van der Waals surface area contributed by atoms with Crippen molar-refractivity contribution in [2.45, 2.75) is 26.3 Å². The second-order valence-electron chi connectivity index (χ2n) is 4.92. The zero-order valence-corrected chi connectivity index (χ0v) is 13.6. The van der Waals surface area contributed by atoms with Gasteiger partial charge in [-0.3, -0.25) is 9.67 Å². The molecule has 0 aromatic carbocycles. The molecule has 0 saturated heterocycles. The molecule has 0 radical (unpaired) electrons. The van der Waals surface area contributed by atoms with Gasteiger partial charge in [-0.15, -0.1) is 0 Å². The molecule has 3 aromatic heterocycles. The normalized spacial score (nSPS) is 11.0. The summed E-state index contributed by atoms with van der Waals surface area (Å²) in [5, 5.41) is 9.45. The topological polar surface area (TPSA) is 55.6 Å². The molecule has 0 atom stereocenters. The van der Waals surface area contributed by atoms with E-state index < -0.39 is 0 Å². The van der Waals surface area contributed by atoms with Crippen LogP contribution in [0.1, 0.15) is 19.8 Å². The van der Waals surface area contributed by atoms with Crippen LogP contribution in [0.25, 0.3) is 10.9 Å². The average molecular weight is 336 g/mol. The summed E-state index contributed by atoms with van der Waals surface area (Å²) in [6, 6.07) is 1.96. The highest BCUT2D eigenvalue weighted by molar-refractivity contribution is 6.39. The Balaban J connectivity index is 1.99. The van der Waals surface area contributed by atoms with Crippen LogP contribution in [0.2, 0.25) is 10.0 Å². The Kier molecular flexibility index (Phi) is 4.45. The molecule has 7 heteroatoms. The average Bonchev–Trinajstić information content (AvgIpc) is 2.93. The lowest BCUT2D eigenvalue weighted by Crippen LogP contribution is -2.00. The fourth-order valence-electron chi connectivity index (χ4n) is 2.24. The lowest BCUT2D eigenvalue weighted by atomic mass is 10.3. The highest BCUT2D eigenvalue weighted by atomic mass is 35.5. The van der Waals surface area contributed by atoms with Crippen LogP contribution in [0, 0.1) is 0 Å². The Hall–Kier alpha value is -1.85. The summed E-state index contributed by atoms with van der Waals surface area (Å²) in [4.78, 5) is 8.32. The van der Waals surface area contributed by atoms with Crippen LogP contribution in [-0.2, 0) is 6.54 Å². The van der Waals surface area contributed by atoms with Crippen molar-refractivity contribution in [1.82, 2.24) is 19.7 Å². The van der Waals surface area contributed by atoms with Crippen LogP contribution in [0.15, 0.2) is 30.9 Å². The van der Waals surface area contributed by atoms with Gasteiger partial charge in [-0.1, -0.05) is 36.5 Å². The molecule has 0 bridgehead atoms. The minimum Gasteiger partial charge on any atom is -0.337 e. The van der Waals surface area contributed by atoms with E-state index in [1.807, 2.05) is 16.9 Å². The van der Waals surface area contributed by atoms with Gasteiger partial charge in [0.05, 0.1) is 32.8 Å². The first-order chi connectivity index (χ1) is 10.7. The van der Waals surface area contributed by atoms with Crippen molar-refractivity contribution in [3.63, 3.8) is 0 Å². The summed E-state index contributed by atoms with van der Waals surface area (Å²) < 4.78 is 1.99.